The van der Waals surface area contributed by atoms with Crippen molar-refractivity contribution in [3.05, 3.63) is 156 Å². The van der Waals surface area contributed by atoms with Gasteiger partial charge in [-0.05, 0) is 126 Å². The van der Waals surface area contributed by atoms with Gasteiger partial charge in [0.25, 0.3) is 0 Å². The summed E-state index contributed by atoms with van der Waals surface area (Å²) in [6.45, 7) is 0. The fourth-order valence-electron chi connectivity index (χ4n) is 11.0. The van der Waals surface area contributed by atoms with E-state index < -0.39 is 0 Å². The first-order chi connectivity index (χ1) is 23.8. The van der Waals surface area contributed by atoms with Crippen molar-refractivity contribution in [3.8, 4) is 44.5 Å². The van der Waals surface area contributed by atoms with Gasteiger partial charge in [-0.3, -0.25) is 0 Å². The lowest BCUT2D eigenvalue weighted by Gasteiger charge is -2.27. The van der Waals surface area contributed by atoms with E-state index in [9.17, 15) is 0 Å². The molecule has 0 bridgehead atoms. The second-order valence-electron chi connectivity index (χ2n) is 15.0. The van der Waals surface area contributed by atoms with E-state index in [0.717, 1.165) is 0 Å². The van der Waals surface area contributed by atoms with Gasteiger partial charge in [-0.15, -0.1) is 0 Å². The number of benzene rings is 7. The minimum absolute atomic E-state index is 0.158. The summed E-state index contributed by atoms with van der Waals surface area (Å²) in [5.41, 5.74) is 17.8. The minimum atomic E-state index is 0.158. The van der Waals surface area contributed by atoms with Gasteiger partial charge in [0.15, 0.2) is 0 Å². The van der Waals surface area contributed by atoms with Gasteiger partial charge < -0.3 is 0 Å². The van der Waals surface area contributed by atoms with Crippen LogP contribution in [0.15, 0.2) is 133 Å². The Kier molecular flexibility index (Phi) is 5.52. The predicted octanol–water partition coefficient (Wildman–Crippen LogP) is 13.0. The Hall–Kier alpha value is -4.94. The highest BCUT2D eigenvalue weighted by atomic mass is 14.5. The van der Waals surface area contributed by atoms with E-state index in [1.165, 1.54) is 117 Å². The Labute approximate surface area is 283 Å². The van der Waals surface area contributed by atoms with Crippen molar-refractivity contribution >= 4 is 21.5 Å². The molecule has 0 nitrogen and oxygen atoms in total. The molecule has 4 aliphatic rings. The monoisotopic (exact) mass is 614 g/mol. The van der Waals surface area contributed by atoms with Crippen LogP contribution < -0.4 is 0 Å². The molecule has 4 aliphatic carbocycles. The van der Waals surface area contributed by atoms with Crippen molar-refractivity contribution < 1.29 is 0 Å². The van der Waals surface area contributed by atoms with Crippen LogP contribution in [-0.4, -0.2) is 0 Å². The third-order valence-corrected chi connectivity index (χ3v) is 13.0. The number of hydrogen-bond donors (Lipinski definition) is 0. The molecule has 0 unspecified atom stereocenters. The SMILES string of the molecule is c1ccc2c(c1)-c1ccc(-c3c4ccccc4c(-c4ccc5c(c4)C4(CCCC4)c4ccccc4-5)c4ccccc34)cc1C21CCCC1. The molecule has 7 aromatic rings. The van der Waals surface area contributed by atoms with Gasteiger partial charge in [0.05, 0.1) is 0 Å². The summed E-state index contributed by atoms with van der Waals surface area (Å²) < 4.78 is 0. The zero-order chi connectivity index (χ0) is 31.5. The zero-order valence-corrected chi connectivity index (χ0v) is 27.4. The molecule has 2 fully saturated rings. The summed E-state index contributed by atoms with van der Waals surface area (Å²) in [6, 6.07) is 51.7. The van der Waals surface area contributed by atoms with Crippen molar-refractivity contribution in [2.75, 3.05) is 0 Å². The Morgan fingerprint density at radius 1 is 0.312 bits per heavy atom. The smallest absolute Gasteiger partial charge is 0.0215 e. The fraction of sp³-hybridized carbons (Fsp3) is 0.208. The largest absolute Gasteiger partial charge is 0.0619 e. The van der Waals surface area contributed by atoms with Crippen LogP contribution in [0, 0.1) is 0 Å². The predicted molar refractivity (Wildman–Crippen MR) is 202 cm³/mol. The second kappa shape index (κ2) is 9.80. The Bertz CT molecular complexity index is 2230. The van der Waals surface area contributed by atoms with Gasteiger partial charge in [0.1, 0.15) is 0 Å². The first-order valence-electron chi connectivity index (χ1n) is 18.2. The van der Waals surface area contributed by atoms with Gasteiger partial charge >= 0.3 is 0 Å². The highest BCUT2D eigenvalue weighted by Gasteiger charge is 2.46. The van der Waals surface area contributed by atoms with Crippen LogP contribution in [0.5, 0.6) is 0 Å². The van der Waals surface area contributed by atoms with E-state index >= 15 is 0 Å². The number of fused-ring (bicyclic) bond motifs is 12. The van der Waals surface area contributed by atoms with Crippen LogP contribution >= 0.6 is 0 Å². The molecule has 230 valence electrons. The molecule has 0 saturated heterocycles. The summed E-state index contributed by atoms with van der Waals surface area (Å²) in [7, 11) is 0. The molecule has 11 rings (SSSR count). The molecule has 0 amide bonds. The van der Waals surface area contributed by atoms with Crippen molar-refractivity contribution in [1.82, 2.24) is 0 Å². The van der Waals surface area contributed by atoms with E-state index in [-0.39, 0.29) is 10.8 Å². The Balaban J connectivity index is 1.16. The topological polar surface area (TPSA) is 0 Å². The van der Waals surface area contributed by atoms with Crippen LogP contribution in [0.1, 0.15) is 73.6 Å². The zero-order valence-electron chi connectivity index (χ0n) is 27.4. The Morgan fingerprint density at radius 3 is 1.04 bits per heavy atom. The van der Waals surface area contributed by atoms with Crippen molar-refractivity contribution in [2.45, 2.75) is 62.2 Å². The van der Waals surface area contributed by atoms with Crippen molar-refractivity contribution in [3.63, 3.8) is 0 Å². The molecule has 0 heterocycles. The van der Waals surface area contributed by atoms with Crippen LogP contribution in [0.25, 0.3) is 66.1 Å². The maximum absolute atomic E-state index is 2.59. The van der Waals surface area contributed by atoms with Crippen LogP contribution in [0.3, 0.4) is 0 Å². The summed E-state index contributed by atoms with van der Waals surface area (Å²) in [6.07, 6.45) is 10.3. The molecule has 0 heteroatoms. The molecule has 2 saturated carbocycles. The van der Waals surface area contributed by atoms with Gasteiger partial charge in [-0.2, -0.15) is 0 Å². The molecule has 0 aliphatic heterocycles. The molecule has 48 heavy (non-hydrogen) atoms. The molecule has 0 radical (unpaired) electrons. The average molecular weight is 615 g/mol. The van der Waals surface area contributed by atoms with Gasteiger partial charge in [-0.1, -0.05) is 147 Å². The van der Waals surface area contributed by atoms with Gasteiger partial charge in [0, 0.05) is 10.8 Å². The van der Waals surface area contributed by atoms with Gasteiger partial charge in [0.2, 0.25) is 0 Å². The quantitative estimate of drug-likeness (QED) is 0.170. The van der Waals surface area contributed by atoms with Crippen LogP contribution in [-0.2, 0) is 10.8 Å². The molecule has 0 atom stereocenters. The van der Waals surface area contributed by atoms with E-state index in [1.54, 1.807) is 22.3 Å². The number of rotatable bonds is 2. The second-order valence-corrected chi connectivity index (χ2v) is 15.0. The standard InChI is InChI=1S/C48H38/c1-2-16-38-37(15-1)45(31-21-23-35-33-13-5-7-19-41(33)47(43(35)29-31)25-9-10-26-47)39-17-3-4-18-40(39)46(38)32-22-24-36-34-14-6-8-20-42(34)48(44(36)30-32)27-11-12-28-48/h1-8,13-24,29-30H,9-12,25-28H2. The van der Waals surface area contributed by atoms with E-state index in [1.807, 2.05) is 0 Å². The first-order valence-corrected chi connectivity index (χ1v) is 18.2. The summed E-state index contributed by atoms with van der Waals surface area (Å²) in [5, 5.41) is 5.39. The van der Waals surface area contributed by atoms with E-state index in [4.69, 9.17) is 0 Å². The highest BCUT2D eigenvalue weighted by molar-refractivity contribution is 6.21. The lowest BCUT2D eigenvalue weighted by Crippen LogP contribution is -2.20. The van der Waals surface area contributed by atoms with Crippen molar-refractivity contribution in [2.24, 2.45) is 0 Å². The molecular formula is C48H38. The summed E-state index contributed by atoms with van der Waals surface area (Å²) >= 11 is 0. The third-order valence-electron chi connectivity index (χ3n) is 13.0. The molecule has 2 spiro atoms. The number of hydrogen-bond acceptors (Lipinski definition) is 0. The third kappa shape index (κ3) is 3.41. The Morgan fingerprint density at radius 2 is 0.646 bits per heavy atom. The first kappa shape index (κ1) is 27.1. The average Bonchev–Trinajstić information content (AvgIpc) is 3.95. The minimum Gasteiger partial charge on any atom is -0.0619 e. The van der Waals surface area contributed by atoms with Crippen LogP contribution in [0.2, 0.25) is 0 Å². The maximum Gasteiger partial charge on any atom is 0.0215 e. The van der Waals surface area contributed by atoms with Crippen molar-refractivity contribution in [1.29, 1.82) is 0 Å². The lowest BCUT2D eigenvalue weighted by molar-refractivity contribution is 0.550. The molecular weight excluding hydrogens is 577 g/mol. The molecule has 0 aromatic heterocycles. The van der Waals surface area contributed by atoms with Gasteiger partial charge in [-0.25, -0.2) is 0 Å². The fourth-order valence-corrected chi connectivity index (χ4v) is 11.0. The molecule has 7 aromatic carbocycles. The summed E-state index contributed by atoms with van der Waals surface area (Å²) in [5.74, 6) is 0. The normalized spacial score (nSPS) is 17.7. The van der Waals surface area contributed by atoms with E-state index in [0.29, 0.717) is 0 Å². The maximum atomic E-state index is 2.59. The van der Waals surface area contributed by atoms with E-state index in [2.05, 4.69) is 133 Å². The van der Waals surface area contributed by atoms with Crippen LogP contribution in [0.4, 0.5) is 0 Å². The summed E-state index contributed by atoms with van der Waals surface area (Å²) in [4.78, 5) is 0. The lowest BCUT2D eigenvalue weighted by atomic mass is 9.75. The molecule has 0 N–H and O–H groups in total. The highest BCUT2D eigenvalue weighted by Crippen LogP contribution is 2.59.